The first-order valence-electron chi connectivity index (χ1n) is 11.4. The van der Waals surface area contributed by atoms with Gasteiger partial charge in [0, 0.05) is 33.2 Å². The van der Waals surface area contributed by atoms with E-state index in [1.165, 1.54) is 0 Å². The second kappa shape index (κ2) is 5.95. The number of aromatic amines is 1. The first-order chi connectivity index (χ1) is 14.2. The van der Waals surface area contributed by atoms with E-state index in [9.17, 15) is 8.42 Å². The predicted molar refractivity (Wildman–Crippen MR) is 82.2 cm³/mol. The molecule has 0 amide bonds. The maximum absolute atomic E-state index is 12.2. The van der Waals surface area contributed by atoms with Crippen LogP contribution in [0.4, 0.5) is 0 Å². The van der Waals surface area contributed by atoms with Gasteiger partial charge in [0.2, 0.25) is 10.0 Å². The molecule has 2 N–H and O–H groups in total. The zero-order valence-electron chi connectivity index (χ0n) is 22.9. The molecule has 0 spiro atoms. The molecule has 0 aliphatic carbocycles. The van der Waals surface area contributed by atoms with Gasteiger partial charge in [0.25, 0.3) is 0 Å². The van der Waals surface area contributed by atoms with Gasteiger partial charge in [-0.15, -0.1) is 0 Å². The molecule has 110 valence electrons. The standard InChI is InChI=1S/C14H21N3O2S/c1-15-20(18,19)10-11-4-5-14-13(8-11)12(9-16-14)6-7-17(2)3/h4-5,8-9,15-16H,6-7,10H2,1-3H3/i2D3,4D,5D,6D2,7D2,8D/hD2. The first kappa shape index (κ1) is 5.79. The highest BCUT2D eigenvalue weighted by atomic mass is 32.2. The van der Waals surface area contributed by atoms with Gasteiger partial charge in [-0.05, 0) is 50.7 Å². The number of rotatable bonds is 6. The summed E-state index contributed by atoms with van der Waals surface area (Å²) in [6, 6.07) is -2.14. The van der Waals surface area contributed by atoms with Crippen LogP contribution in [0.5, 0.6) is 0 Å². The molecular weight excluding hydrogens is 274 g/mol. The predicted octanol–water partition coefficient (Wildman–Crippen LogP) is 1.32. The minimum absolute atomic E-state index is 0.111. The van der Waals surface area contributed by atoms with Crippen LogP contribution in [0.2, 0.25) is 2.82 Å². The van der Waals surface area contributed by atoms with Gasteiger partial charge in [-0.25, -0.2) is 13.1 Å². The van der Waals surface area contributed by atoms with E-state index in [4.69, 9.17) is 16.5 Å². The molecule has 6 heteroatoms. The lowest BCUT2D eigenvalue weighted by Crippen LogP contribution is -2.20. The third-order valence-corrected chi connectivity index (χ3v) is 3.61. The Morgan fingerprint density at radius 1 is 1.65 bits per heavy atom. The molecule has 2 aromatic rings. The van der Waals surface area contributed by atoms with Crippen molar-refractivity contribution in [2.24, 2.45) is 0 Å². The second-order valence-electron chi connectivity index (χ2n) is 3.95. The number of nitrogens with zero attached hydrogens (tertiary/aromatic N) is 1. The monoisotopic (exact) mass is 307 g/mol. The van der Waals surface area contributed by atoms with E-state index in [-0.39, 0.29) is 9.62 Å². The zero-order valence-corrected chi connectivity index (χ0v) is 11.7. The van der Waals surface area contributed by atoms with Gasteiger partial charge in [0.1, 0.15) is 1.41 Å². The van der Waals surface area contributed by atoms with Crippen LogP contribution in [-0.4, -0.2) is 45.9 Å². The Morgan fingerprint density at radius 3 is 3.15 bits per heavy atom. The lowest BCUT2D eigenvalue weighted by atomic mass is 10.1. The van der Waals surface area contributed by atoms with Crippen LogP contribution in [-0.2, 0) is 22.1 Å². The van der Waals surface area contributed by atoms with Gasteiger partial charge in [-0.3, -0.25) is 0 Å². The van der Waals surface area contributed by atoms with E-state index in [0.717, 1.165) is 20.3 Å². The number of nitrogens with one attached hydrogen (secondary N) is 2. The molecule has 0 saturated carbocycles. The summed E-state index contributed by atoms with van der Waals surface area (Å²) in [6.45, 7) is -6.22. The van der Waals surface area contributed by atoms with Gasteiger partial charge < -0.3 is 9.88 Å². The summed E-state index contributed by atoms with van der Waals surface area (Å²) in [6.07, 6.45) is -2.38. The van der Waals surface area contributed by atoms with E-state index in [0.29, 0.717) is 4.98 Å². The highest BCUT2D eigenvalue weighted by Crippen LogP contribution is 2.21. The Bertz CT molecular complexity index is 1160. The lowest BCUT2D eigenvalue weighted by Gasteiger charge is -2.08. The summed E-state index contributed by atoms with van der Waals surface area (Å²) in [7, 11) is -2.56. The number of hydrogen-bond acceptors (Lipinski definition) is 3. The summed E-state index contributed by atoms with van der Waals surface area (Å²) in [5.41, 5.74) is -1.62. The number of hydrogen-bond donors (Lipinski definition) is 2. The second-order valence-corrected chi connectivity index (χ2v) is 5.77. The van der Waals surface area contributed by atoms with Crippen molar-refractivity contribution in [2.75, 3.05) is 27.6 Å². The lowest BCUT2D eigenvalue weighted by molar-refractivity contribution is 0.414. The molecule has 0 unspecified atom stereocenters. The van der Waals surface area contributed by atoms with E-state index in [1.807, 2.05) is 0 Å². The van der Waals surface area contributed by atoms with Gasteiger partial charge in [-0.2, -0.15) is 0 Å². The summed E-state index contributed by atoms with van der Waals surface area (Å²) < 4.78 is 120. The smallest absolute Gasteiger partial charge is 0.215 e. The maximum atomic E-state index is 12.2. The van der Waals surface area contributed by atoms with Crippen LogP contribution in [0, 0.1) is 0 Å². The Balaban J connectivity index is 2.91. The molecular formula is C14H21N3O2S. The highest BCUT2D eigenvalue weighted by molar-refractivity contribution is 7.88. The average Bonchev–Trinajstić information content (AvgIpc) is 2.99. The van der Waals surface area contributed by atoms with E-state index < -0.39 is 75.8 Å². The number of sulfonamides is 1. The fraction of sp³-hybridized carbons (Fsp3) is 0.429. The van der Waals surface area contributed by atoms with Gasteiger partial charge in [-0.1, -0.05) is 6.04 Å². The number of benzene rings is 1. The highest BCUT2D eigenvalue weighted by Gasteiger charge is 2.11. The Kier molecular flexibility index (Phi) is 1.72. The van der Waals surface area contributed by atoms with Crippen molar-refractivity contribution in [3.63, 3.8) is 0 Å². The average molecular weight is 307 g/mol. The largest absolute Gasteiger partial charge is 0.361 e. The van der Waals surface area contributed by atoms with Crippen molar-refractivity contribution < 1.29 is 24.9 Å². The number of aromatic nitrogens is 1. The van der Waals surface area contributed by atoms with E-state index in [1.54, 1.807) is 0 Å². The summed E-state index contributed by atoms with van der Waals surface area (Å²) in [5, 5.41) is -0.494. The molecule has 0 bridgehead atoms. The third-order valence-electron chi connectivity index (χ3n) is 2.40. The molecule has 0 radical (unpaired) electrons. The van der Waals surface area contributed by atoms with Gasteiger partial charge >= 0.3 is 0 Å². The molecule has 0 fully saturated rings. The van der Waals surface area contributed by atoms with Crippen LogP contribution >= 0.6 is 0 Å². The van der Waals surface area contributed by atoms with Crippen LogP contribution in [0.15, 0.2) is 24.3 Å². The van der Waals surface area contributed by atoms with Crippen molar-refractivity contribution in [1.29, 1.82) is 0 Å². The minimum Gasteiger partial charge on any atom is -0.361 e. The summed E-state index contributed by atoms with van der Waals surface area (Å²) in [5.74, 6) is -1.03. The molecule has 0 atom stereocenters. The van der Waals surface area contributed by atoms with Crippen molar-refractivity contribution in [2.45, 2.75) is 12.1 Å². The molecule has 1 heterocycles. The number of aryl methyl sites for hydroxylation is 1. The molecule has 1 aromatic carbocycles. The van der Waals surface area contributed by atoms with Crippen molar-refractivity contribution in [3.8, 4) is 0 Å². The SMILES string of the molecule is [2H]c1c(CS(=O)(=O)N([2H])C)c([2H])c2c(C([2H])([2H])C([2H])([2H])N(C)C([2H])([2H])[2H])cn([2H])c2c1[2H]. The topological polar surface area (TPSA) is 65.2 Å². The minimum atomic E-state index is -4.31. The molecule has 20 heavy (non-hydrogen) atoms. The van der Waals surface area contributed by atoms with Crippen LogP contribution in [0.1, 0.15) is 24.8 Å². The Morgan fingerprint density at radius 2 is 2.45 bits per heavy atom. The fourth-order valence-electron chi connectivity index (χ4n) is 1.48. The quantitative estimate of drug-likeness (QED) is 0.846. The maximum Gasteiger partial charge on any atom is 0.215 e. The molecule has 1 aromatic heterocycles. The summed E-state index contributed by atoms with van der Waals surface area (Å²) >= 11 is 0. The summed E-state index contributed by atoms with van der Waals surface area (Å²) in [4.78, 5) is 0.638. The van der Waals surface area contributed by atoms with E-state index >= 15 is 0 Å². The van der Waals surface area contributed by atoms with Crippen molar-refractivity contribution in [1.82, 2.24) is 14.6 Å². The fourth-order valence-corrected chi connectivity index (χ4v) is 2.12. The number of fused-ring (bicyclic) bond motifs is 1. The molecule has 0 saturated heterocycles. The molecule has 0 aliphatic rings. The third kappa shape index (κ3) is 3.59. The van der Waals surface area contributed by atoms with Crippen LogP contribution in [0.25, 0.3) is 10.9 Å². The first-order valence-corrected chi connectivity index (χ1v) is 7.13. The van der Waals surface area contributed by atoms with Gasteiger partial charge in [0.15, 0.2) is 1.41 Å². The molecule has 0 aliphatic heterocycles. The van der Waals surface area contributed by atoms with Crippen molar-refractivity contribution >= 4 is 20.9 Å². The van der Waals surface area contributed by atoms with Crippen molar-refractivity contribution in [3.05, 3.63) is 35.5 Å². The molecule has 5 nitrogen and oxygen atoms in total. The van der Waals surface area contributed by atoms with Gasteiger partial charge in [0.05, 0.1) is 9.87 Å². The van der Waals surface area contributed by atoms with Crippen LogP contribution in [0.3, 0.4) is 0 Å². The number of likely N-dealkylation sites (N-methyl/N-ethyl adjacent to an activating group) is 1. The number of H-pyrrole nitrogens is 1. The van der Waals surface area contributed by atoms with Crippen LogP contribution < -0.4 is 4.72 Å². The normalized spacial score (nSPS) is 23.4. The zero-order chi connectivity index (χ0) is 25.2. The van der Waals surface area contributed by atoms with E-state index in [2.05, 4.69) is 0 Å². The Hall–Kier alpha value is -1.37. The Labute approximate surface area is 137 Å². The molecule has 2 rings (SSSR count).